The fourth-order valence-corrected chi connectivity index (χ4v) is 4.29. The van der Waals surface area contributed by atoms with Crippen LogP contribution in [0.4, 0.5) is 0 Å². The third-order valence-electron chi connectivity index (χ3n) is 6.97. The Labute approximate surface area is 129 Å². The second-order valence-electron chi connectivity index (χ2n) is 8.63. The Bertz CT molecular complexity index is 280. The number of rotatable bonds is 9. The van der Waals surface area contributed by atoms with E-state index in [0.29, 0.717) is 5.41 Å². The Morgan fingerprint density at radius 1 is 0.900 bits per heavy atom. The van der Waals surface area contributed by atoms with E-state index in [1.807, 2.05) is 0 Å². The van der Waals surface area contributed by atoms with Gasteiger partial charge in [-0.25, -0.2) is 0 Å². The lowest BCUT2D eigenvalue weighted by Crippen LogP contribution is -2.09. The Morgan fingerprint density at radius 2 is 1.45 bits per heavy atom. The van der Waals surface area contributed by atoms with Gasteiger partial charge in [0.25, 0.3) is 0 Å². The molecule has 1 aliphatic rings. The van der Waals surface area contributed by atoms with Gasteiger partial charge in [-0.05, 0) is 40.9 Å². The van der Waals surface area contributed by atoms with Crippen molar-refractivity contribution >= 4 is 0 Å². The van der Waals surface area contributed by atoms with E-state index in [4.69, 9.17) is 0 Å². The molecule has 0 saturated heterocycles. The molecule has 20 heavy (non-hydrogen) atoms. The molecule has 0 N–H and O–H groups in total. The lowest BCUT2D eigenvalue weighted by molar-refractivity contribution is 0.310. The van der Waals surface area contributed by atoms with Gasteiger partial charge in [-0.2, -0.15) is 0 Å². The van der Waals surface area contributed by atoms with Crippen LogP contribution in [-0.4, -0.2) is 0 Å². The van der Waals surface area contributed by atoms with Crippen molar-refractivity contribution in [1.82, 2.24) is 0 Å². The zero-order chi connectivity index (χ0) is 15.5. The minimum absolute atomic E-state index is 0.662. The van der Waals surface area contributed by atoms with Crippen LogP contribution in [-0.2, 0) is 0 Å². The average molecular weight is 281 g/mol. The van der Waals surface area contributed by atoms with Crippen LogP contribution in [0.15, 0.2) is 0 Å². The van der Waals surface area contributed by atoms with Crippen molar-refractivity contribution in [3.63, 3.8) is 0 Å². The zero-order valence-corrected chi connectivity index (χ0v) is 15.5. The van der Waals surface area contributed by atoms with Gasteiger partial charge >= 0.3 is 0 Å². The van der Waals surface area contributed by atoms with Gasteiger partial charge in [0.15, 0.2) is 0 Å². The summed E-state index contributed by atoms with van der Waals surface area (Å²) in [4.78, 5) is 0. The summed E-state index contributed by atoms with van der Waals surface area (Å²) in [7, 11) is 0. The monoisotopic (exact) mass is 280 g/mol. The van der Waals surface area contributed by atoms with E-state index < -0.39 is 0 Å². The highest BCUT2D eigenvalue weighted by molar-refractivity contribution is 5.06. The van der Waals surface area contributed by atoms with E-state index in [0.717, 1.165) is 35.5 Å². The van der Waals surface area contributed by atoms with Crippen LogP contribution in [0, 0.1) is 40.9 Å². The molecule has 1 rings (SSSR count). The van der Waals surface area contributed by atoms with Gasteiger partial charge in [-0.15, -0.1) is 0 Å². The summed E-state index contributed by atoms with van der Waals surface area (Å²) in [6, 6.07) is 0. The largest absolute Gasteiger partial charge is 0.0648 e. The zero-order valence-electron chi connectivity index (χ0n) is 15.5. The molecule has 0 nitrogen and oxygen atoms in total. The van der Waals surface area contributed by atoms with Gasteiger partial charge in [0.2, 0.25) is 0 Å². The highest BCUT2D eigenvalue weighted by atomic mass is 14.6. The van der Waals surface area contributed by atoms with Crippen LogP contribution in [0.1, 0.15) is 87.5 Å². The normalized spacial score (nSPS) is 34.0. The van der Waals surface area contributed by atoms with E-state index in [1.54, 1.807) is 0 Å². The van der Waals surface area contributed by atoms with Gasteiger partial charge in [-0.1, -0.05) is 87.5 Å². The molecule has 120 valence electrons. The smallest absolute Gasteiger partial charge is 0.0266 e. The first-order chi connectivity index (χ1) is 9.24. The minimum atomic E-state index is 0.662. The summed E-state index contributed by atoms with van der Waals surface area (Å²) in [5.74, 6) is 5.54. The van der Waals surface area contributed by atoms with Crippen molar-refractivity contribution < 1.29 is 0 Å². The summed E-state index contributed by atoms with van der Waals surface area (Å²) in [5, 5.41) is 0. The van der Waals surface area contributed by atoms with Gasteiger partial charge in [0, 0.05) is 0 Å². The molecular weight excluding hydrogens is 240 g/mol. The Hall–Kier alpha value is 0. The summed E-state index contributed by atoms with van der Waals surface area (Å²) >= 11 is 0. The fourth-order valence-electron chi connectivity index (χ4n) is 4.29. The Balaban J connectivity index is 2.23. The van der Waals surface area contributed by atoms with Gasteiger partial charge in [0.1, 0.15) is 0 Å². The maximum absolute atomic E-state index is 2.51. The van der Waals surface area contributed by atoms with Crippen molar-refractivity contribution in [2.75, 3.05) is 0 Å². The summed E-state index contributed by atoms with van der Waals surface area (Å²) in [6.07, 6.45) is 7.10. The molecular formula is C20H40. The quantitative estimate of drug-likeness (QED) is 0.436. The molecule has 6 atom stereocenters. The van der Waals surface area contributed by atoms with Crippen LogP contribution in [0.25, 0.3) is 0 Å². The molecule has 1 aliphatic carbocycles. The molecule has 0 heteroatoms. The fraction of sp³-hybridized carbons (Fsp3) is 1.00. The molecule has 0 radical (unpaired) electrons. The molecule has 0 aromatic carbocycles. The van der Waals surface area contributed by atoms with Gasteiger partial charge in [-0.3, -0.25) is 0 Å². The minimum Gasteiger partial charge on any atom is -0.0648 e. The Kier molecular flexibility index (Phi) is 6.61. The van der Waals surface area contributed by atoms with Crippen molar-refractivity contribution in [1.29, 1.82) is 0 Å². The summed E-state index contributed by atoms with van der Waals surface area (Å²) in [6.45, 7) is 19.5. The van der Waals surface area contributed by atoms with E-state index in [1.165, 1.54) is 32.1 Å². The Morgan fingerprint density at radius 3 is 1.90 bits per heavy atom. The SMILES string of the molecule is CCC1(C)C(C)C1C(C)CCC(C)CCC(C)C(C)C. The molecule has 0 aliphatic heterocycles. The summed E-state index contributed by atoms with van der Waals surface area (Å²) in [5.41, 5.74) is 0.662. The molecule has 6 unspecified atom stereocenters. The molecule has 0 bridgehead atoms. The van der Waals surface area contributed by atoms with Crippen LogP contribution in [0.3, 0.4) is 0 Å². The maximum Gasteiger partial charge on any atom is -0.0266 e. The van der Waals surface area contributed by atoms with Crippen LogP contribution in [0.5, 0.6) is 0 Å². The van der Waals surface area contributed by atoms with E-state index in [9.17, 15) is 0 Å². The van der Waals surface area contributed by atoms with E-state index in [-0.39, 0.29) is 0 Å². The first-order valence-corrected chi connectivity index (χ1v) is 9.24. The first kappa shape index (κ1) is 18.1. The molecule has 0 amide bonds. The van der Waals surface area contributed by atoms with Crippen molar-refractivity contribution in [3.8, 4) is 0 Å². The van der Waals surface area contributed by atoms with Crippen LogP contribution in [0.2, 0.25) is 0 Å². The van der Waals surface area contributed by atoms with Gasteiger partial charge in [0.05, 0.1) is 0 Å². The maximum atomic E-state index is 2.51. The second-order valence-corrected chi connectivity index (χ2v) is 8.63. The van der Waals surface area contributed by atoms with Crippen molar-refractivity contribution in [3.05, 3.63) is 0 Å². The lowest BCUT2D eigenvalue weighted by Gasteiger charge is -2.20. The first-order valence-electron chi connectivity index (χ1n) is 9.24. The number of hydrogen-bond acceptors (Lipinski definition) is 0. The molecule has 0 aromatic heterocycles. The van der Waals surface area contributed by atoms with Crippen LogP contribution >= 0.6 is 0 Å². The van der Waals surface area contributed by atoms with Crippen molar-refractivity contribution in [2.45, 2.75) is 87.5 Å². The molecule has 0 aromatic rings. The molecule has 1 saturated carbocycles. The molecule has 0 heterocycles. The van der Waals surface area contributed by atoms with Crippen LogP contribution < -0.4 is 0 Å². The third-order valence-corrected chi connectivity index (χ3v) is 6.97. The molecule has 0 spiro atoms. The van der Waals surface area contributed by atoms with Gasteiger partial charge < -0.3 is 0 Å². The number of hydrogen-bond donors (Lipinski definition) is 0. The highest BCUT2D eigenvalue weighted by Crippen LogP contribution is 2.64. The molecule has 1 fully saturated rings. The van der Waals surface area contributed by atoms with E-state index >= 15 is 0 Å². The summed E-state index contributed by atoms with van der Waals surface area (Å²) < 4.78 is 0. The topological polar surface area (TPSA) is 0 Å². The second kappa shape index (κ2) is 7.32. The predicted octanol–water partition coefficient (Wildman–Crippen LogP) is 6.79. The van der Waals surface area contributed by atoms with Crippen molar-refractivity contribution in [2.24, 2.45) is 40.9 Å². The average Bonchev–Trinajstić information content (AvgIpc) is 2.95. The highest BCUT2D eigenvalue weighted by Gasteiger charge is 2.58. The standard InChI is InChI=1S/C20H40/c1-9-20(8)18(7)19(20)17(6)13-11-15(4)10-12-16(5)14(2)3/h14-19H,9-13H2,1-8H3. The van der Waals surface area contributed by atoms with E-state index in [2.05, 4.69) is 55.4 Å². The lowest BCUT2D eigenvalue weighted by atomic mass is 9.86. The third kappa shape index (κ3) is 4.25. The predicted molar refractivity (Wildman–Crippen MR) is 91.9 cm³/mol.